The molecule has 2 amide bonds. The maximum absolute atomic E-state index is 14.5. The highest BCUT2D eigenvalue weighted by Crippen LogP contribution is 2.39. The molecule has 9 nitrogen and oxygen atoms in total. The smallest absolute Gasteiger partial charge is 0.247 e. The number of benzene rings is 3. The van der Waals surface area contributed by atoms with E-state index >= 15 is 0 Å². The fraction of sp³-hybridized carbons (Fsp3) is 0.353. The van der Waals surface area contributed by atoms with Crippen LogP contribution in [0.2, 0.25) is 0 Å². The van der Waals surface area contributed by atoms with Crippen LogP contribution in [0.25, 0.3) is 10.9 Å². The number of hydrogen-bond donors (Lipinski definition) is 2. The second-order valence-electron chi connectivity index (χ2n) is 11.1. The Kier molecular flexibility index (Phi) is 8.40. The first kappa shape index (κ1) is 28.5. The lowest BCUT2D eigenvalue weighted by Crippen LogP contribution is -2.47. The van der Waals surface area contributed by atoms with Gasteiger partial charge in [-0.1, -0.05) is 55.7 Å². The van der Waals surface area contributed by atoms with Crippen molar-refractivity contribution in [3.05, 3.63) is 83.6 Å². The highest BCUT2D eigenvalue weighted by molar-refractivity contribution is 5.93. The molecule has 43 heavy (non-hydrogen) atoms. The van der Waals surface area contributed by atoms with Crippen LogP contribution in [-0.4, -0.2) is 48.8 Å². The summed E-state index contributed by atoms with van der Waals surface area (Å²) in [5.74, 6) is 1.74. The highest BCUT2D eigenvalue weighted by Gasteiger charge is 2.36. The Morgan fingerprint density at radius 2 is 1.79 bits per heavy atom. The molecule has 1 unspecified atom stereocenters. The fourth-order valence-corrected chi connectivity index (χ4v) is 6.21. The quantitative estimate of drug-likeness (QED) is 0.249. The predicted octanol–water partition coefficient (Wildman–Crippen LogP) is 5.68. The molecule has 2 heterocycles. The summed E-state index contributed by atoms with van der Waals surface area (Å²) < 4.78 is 22.6. The zero-order valence-corrected chi connectivity index (χ0v) is 24.6. The number of nitrogens with zero attached hydrogens (tertiary/aromatic N) is 1. The number of nitrogens with one attached hydrogen (secondary N) is 2. The number of amides is 2. The van der Waals surface area contributed by atoms with Gasteiger partial charge >= 0.3 is 0 Å². The van der Waals surface area contributed by atoms with Gasteiger partial charge in [-0.2, -0.15) is 0 Å². The number of aromatic nitrogens is 1. The first-order chi connectivity index (χ1) is 21.1. The topological polar surface area (TPSA) is 102 Å². The van der Waals surface area contributed by atoms with E-state index in [1.54, 1.807) is 25.2 Å². The number of para-hydroxylation sites is 2. The van der Waals surface area contributed by atoms with Crippen molar-refractivity contribution in [1.82, 2.24) is 15.2 Å². The molecule has 1 aromatic heterocycles. The van der Waals surface area contributed by atoms with Crippen molar-refractivity contribution in [2.45, 2.75) is 57.2 Å². The van der Waals surface area contributed by atoms with Gasteiger partial charge in [0.05, 0.1) is 20.6 Å². The molecule has 3 aromatic carbocycles. The fourth-order valence-electron chi connectivity index (χ4n) is 6.21. The molecular formula is C34H37N3O6. The summed E-state index contributed by atoms with van der Waals surface area (Å²) in [6.45, 7) is 0.316. The van der Waals surface area contributed by atoms with E-state index in [2.05, 4.69) is 10.3 Å². The molecule has 2 aliphatic rings. The number of methoxy groups -OCH3 is 2. The zero-order valence-electron chi connectivity index (χ0n) is 24.6. The van der Waals surface area contributed by atoms with Crippen LogP contribution in [0, 0.1) is 0 Å². The predicted molar refractivity (Wildman–Crippen MR) is 162 cm³/mol. The Morgan fingerprint density at radius 3 is 2.60 bits per heavy atom. The van der Waals surface area contributed by atoms with Gasteiger partial charge in [0.25, 0.3) is 0 Å². The van der Waals surface area contributed by atoms with Gasteiger partial charge < -0.3 is 34.1 Å². The van der Waals surface area contributed by atoms with E-state index in [-0.39, 0.29) is 37.6 Å². The lowest BCUT2D eigenvalue weighted by Gasteiger charge is -2.34. The van der Waals surface area contributed by atoms with Crippen LogP contribution in [0.1, 0.15) is 54.8 Å². The molecule has 6 rings (SSSR count). The van der Waals surface area contributed by atoms with E-state index in [0.717, 1.165) is 47.7 Å². The van der Waals surface area contributed by atoms with Crippen LogP contribution in [0.15, 0.2) is 66.9 Å². The van der Waals surface area contributed by atoms with Crippen molar-refractivity contribution in [2.24, 2.45) is 0 Å². The molecule has 1 fully saturated rings. The molecule has 1 aliphatic heterocycles. The largest absolute Gasteiger partial charge is 0.493 e. The number of rotatable bonds is 10. The van der Waals surface area contributed by atoms with Crippen LogP contribution in [0.4, 0.5) is 0 Å². The first-order valence-corrected chi connectivity index (χ1v) is 14.8. The van der Waals surface area contributed by atoms with Gasteiger partial charge in [0.2, 0.25) is 18.6 Å². The average Bonchev–Trinajstić information content (AvgIpc) is 3.68. The minimum atomic E-state index is -0.977. The monoisotopic (exact) mass is 583 g/mol. The normalized spacial score (nSPS) is 15.2. The molecule has 4 aromatic rings. The summed E-state index contributed by atoms with van der Waals surface area (Å²) in [5.41, 5.74) is 3.19. The second-order valence-corrected chi connectivity index (χ2v) is 11.1. The van der Waals surface area contributed by atoms with Crippen molar-refractivity contribution in [2.75, 3.05) is 21.0 Å². The Hall–Kier alpha value is -4.66. The number of ether oxygens (including phenoxy) is 4. The Balaban J connectivity index is 1.43. The van der Waals surface area contributed by atoms with Gasteiger partial charge in [0, 0.05) is 35.2 Å². The van der Waals surface area contributed by atoms with Crippen LogP contribution < -0.4 is 24.3 Å². The van der Waals surface area contributed by atoms with Crippen molar-refractivity contribution in [3.63, 3.8) is 0 Å². The SMILES string of the molecule is COc1cccc(C(C(=O)NC2CCCCC2)N(Cc2ccc3c(c2)OCO3)C(=O)Cc2c[nH]c3ccccc23)c1OC. The molecule has 1 aliphatic carbocycles. The summed E-state index contributed by atoms with van der Waals surface area (Å²) in [7, 11) is 3.11. The van der Waals surface area contributed by atoms with Crippen LogP contribution in [-0.2, 0) is 22.6 Å². The van der Waals surface area contributed by atoms with E-state index in [4.69, 9.17) is 18.9 Å². The van der Waals surface area contributed by atoms with E-state index in [0.29, 0.717) is 28.6 Å². The Labute approximate surface area is 251 Å². The molecule has 0 spiro atoms. The van der Waals surface area contributed by atoms with Crippen molar-refractivity contribution in [3.8, 4) is 23.0 Å². The number of H-pyrrole nitrogens is 1. The van der Waals surface area contributed by atoms with E-state index in [1.165, 1.54) is 6.42 Å². The zero-order chi connectivity index (χ0) is 29.8. The summed E-state index contributed by atoms with van der Waals surface area (Å²) >= 11 is 0. The Morgan fingerprint density at radius 1 is 0.977 bits per heavy atom. The Bertz CT molecular complexity index is 1610. The van der Waals surface area contributed by atoms with Crippen molar-refractivity contribution >= 4 is 22.7 Å². The van der Waals surface area contributed by atoms with Gasteiger partial charge in [0.15, 0.2) is 23.0 Å². The molecule has 0 bridgehead atoms. The summed E-state index contributed by atoms with van der Waals surface area (Å²) in [5, 5.41) is 4.25. The van der Waals surface area contributed by atoms with Gasteiger partial charge in [-0.15, -0.1) is 0 Å². The van der Waals surface area contributed by atoms with E-state index in [1.807, 2.05) is 60.8 Å². The summed E-state index contributed by atoms with van der Waals surface area (Å²) in [6, 6.07) is 18.0. The van der Waals surface area contributed by atoms with Crippen LogP contribution in [0.5, 0.6) is 23.0 Å². The van der Waals surface area contributed by atoms with Gasteiger partial charge in [0.1, 0.15) is 6.04 Å². The average molecular weight is 584 g/mol. The molecule has 224 valence electrons. The maximum Gasteiger partial charge on any atom is 0.247 e. The molecule has 9 heteroatoms. The van der Waals surface area contributed by atoms with E-state index in [9.17, 15) is 9.59 Å². The van der Waals surface area contributed by atoms with Crippen molar-refractivity contribution < 1.29 is 28.5 Å². The van der Waals surface area contributed by atoms with Gasteiger partial charge in [-0.25, -0.2) is 0 Å². The number of carbonyl (C=O) groups is 2. The molecule has 1 atom stereocenters. The molecule has 1 saturated carbocycles. The molecule has 2 N–H and O–H groups in total. The van der Waals surface area contributed by atoms with Gasteiger partial charge in [-0.05, 0) is 48.2 Å². The summed E-state index contributed by atoms with van der Waals surface area (Å²) in [6.07, 6.45) is 7.10. The lowest BCUT2D eigenvalue weighted by molar-refractivity contribution is -0.141. The number of carbonyl (C=O) groups excluding carboxylic acids is 2. The third-order valence-corrected chi connectivity index (χ3v) is 8.37. The third-order valence-electron chi connectivity index (χ3n) is 8.37. The second kappa shape index (κ2) is 12.7. The number of aromatic amines is 1. The van der Waals surface area contributed by atoms with Crippen LogP contribution in [0.3, 0.4) is 0 Å². The maximum atomic E-state index is 14.5. The molecule has 0 saturated heterocycles. The van der Waals surface area contributed by atoms with E-state index < -0.39 is 6.04 Å². The molecule has 0 radical (unpaired) electrons. The number of fused-ring (bicyclic) bond motifs is 2. The standard InChI is InChI=1S/C34H37N3O6/c1-40-29-14-8-12-26(33(29)41-2)32(34(39)36-24-9-4-3-5-10-24)37(20-22-15-16-28-30(17-22)43-21-42-28)31(38)18-23-19-35-27-13-7-6-11-25(23)27/h6-8,11-17,19,24,32,35H,3-5,9-10,18,20-21H2,1-2H3,(H,36,39). The summed E-state index contributed by atoms with van der Waals surface area (Å²) in [4.78, 5) is 33.7. The minimum Gasteiger partial charge on any atom is -0.493 e. The van der Waals surface area contributed by atoms with Crippen LogP contribution >= 0.6 is 0 Å². The van der Waals surface area contributed by atoms with Crippen molar-refractivity contribution in [1.29, 1.82) is 0 Å². The lowest BCUT2D eigenvalue weighted by atomic mass is 9.94. The number of hydrogen-bond acceptors (Lipinski definition) is 6. The minimum absolute atomic E-state index is 0.0523. The third kappa shape index (κ3) is 5.98. The first-order valence-electron chi connectivity index (χ1n) is 14.8. The molecular weight excluding hydrogens is 546 g/mol. The van der Waals surface area contributed by atoms with Gasteiger partial charge in [-0.3, -0.25) is 9.59 Å². The highest BCUT2D eigenvalue weighted by atomic mass is 16.7.